The normalized spacial score (nSPS) is 10.3. The van der Waals surface area contributed by atoms with Crippen molar-refractivity contribution in [2.75, 3.05) is 6.54 Å². The van der Waals surface area contributed by atoms with Crippen LogP contribution in [0.2, 0.25) is 0 Å². The lowest BCUT2D eigenvalue weighted by Crippen LogP contribution is -2.30. The van der Waals surface area contributed by atoms with Crippen LogP contribution in [0.15, 0.2) is 45.9 Å². The summed E-state index contributed by atoms with van der Waals surface area (Å²) in [5, 5.41) is 0. The molecule has 0 aliphatic carbocycles. The zero-order valence-corrected chi connectivity index (χ0v) is 10.1. The van der Waals surface area contributed by atoms with Crippen molar-refractivity contribution in [3.63, 3.8) is 0 Å². The first kappa shape index (κ1) is 12.2. The highest BCUT2D eigenvalue weighted by Gasteiger charge is 2.15. The molecule has 2 rings (SSSR count). The van der Waals surface area contributed by atoms with Crippen molar-refractivity contribution in [2.24, 2.45) is 0 Å². The Labute approximate surface area is 104 Å². The largest absolute Gasteiger partial charge is 0.467 e. The first-order valence-corrected chi connectivity index (χ1v) is 5.71. The van der Waals surface area contributed by atoms with E-state index in [1.807, 2.05) is 13.0 Å². The molecule has 0 bridgehead atoms. The van der Waals surface area contributed by atoms with Crippen molar-refractivity contribution >= 4 is 5.91 Å². The van der Waals surface area contributed by atoms with E-state index in [1.165, 1.54) is 12.3 Å². The van der Waals surface area contributed by atoms with Crippen molar-refractivity contribution in [3.05, 3.63) is 58.4 Å². The molecule has 0 aliphatic heterocycles. The van der Waals surface area contributed by atoms with Crippen LogP contribution in [0.25, 0.3) is 0 Å². The molecule has 0 spiro atoms. The van der Waals surface area contributed by atoms with Gasteiger partial charge in [-0.15, -0.1) is 0 Å². The third-order valence-corrected chi connectivity index (χ3v) is 2.62. The smallest absolute Gasteiger partial charge is 0.254 e. The Morgan fingerprint density at radius 2 is 2.28 bits per heavy atom. The van der Waals surface area contributed by atoms with Crippen LogP contribution in [-0.2, 0) is 6.54 Å². The molecule has 0 unspecified atom stereocenters. The van der Waals surface area contributed by atoms with E-state index in [1.54, 1.807) is 23.3 Å². The molecule has 0 saturated carbocycles. The van der Waals surface area contributed by atoms with Crippen molar-refractivity contribution in [2.45, 2.75) is 13.5 Å². The minimum absolute atomic E-state index is 0.181. The maximum Gasteiger partial charge on any atom is 0.254 e. The minimum atomic E-state index is -0.282. The van der Waals surface area contributed by atoms with Gasteiger partial charge in [0.15, 0.2) is 0 Å². The van der Waals surface area contributed by atoms with Crippen LogP contribution in [0.1, 0.15) is 23.0 Å². The van der Waals surface area contributed by atoms with Crippen LogP contribution in [0.5, 0.6) is 0 Å². The number of carbonyl (C=O) groups is 1. The average molecular weight is 246 g/mol. The Bertz CT molecular complexity index is 572. The first-order chi connectivity index (χ1) is 8.70. The fourth-order valence-corrected chi connectivity index (χ4v) is 1.68. The van der Waals surface area contributed by atoms with Crippen molar-refractivity contribution < 1.29 is 9.21 Å². The van der Waals surface area contributed by atoms with Crippen LogP contribution >= 0.6 is 0 Å². The molecular formula is C13H14N2O3. The number of H-pyrrole nitrogens is 1. The molecule has 0 fully saturated rings. The molecule has 0 atom stereocenters. The van der Waals surface area contributed by atoms with Gasteiger partial charge >= 0.3 is 0 Å². The Balaban J connectivity index is 2.17. The Morgan fingerprint density at radius 3 is 2.89 bits per heavy atom. The van der Waals surface area contributed by atoms with Gasteiger partial charge in [0.1, 0.15) is 5.76 Å². The van der Waals surface area contributed by atoms with Crippen LogP contribution < -0.4 is 5.56 Å². The molecule has 2 aromatic rings. The molecule has 0 saturated heterocycles. The number of nitrogens with one attached hydrogen (secondary N) is 1. The van der Waals surface area contributed by atoms with E-state index in [2.05, 4.69) is 4.98 Å². The SMILES string of the molecule is CCN(Cc1ccco1)C(=O)c1cc[nH]c(=O)c1. The number of rotatable bonds is 4. The summed E-state index contributed by atoms with van der Waals surface area (Å²) in [5.74, 6) is 0.537. The minimum Gasteiger partial charge on any atom is -0.467 e. The van der Waals surface area contributed by atoms with E-state index in [4.69, 9.17) is 4.42 Å². The van der Waals surface area contributed by atoms with E-state index >= 15 is 0 Å². The maximum atomic E-state index is 12.2. The topological polar surface area (TPSA) is 66.3 Å². The summed E-state index contributed by atoms with van der Waals surface area (Å²) >= 11 is 0. The van der Waals surface area contributed by atoms with Crippen molar-refractivity contribution in [1.29, 1.82) is 0 Å². The van der Waals surface area contributed by atoms with E-state index < -0.39 is 0 Å². The van der Waals surface area contributed by atoms with Gasteiger partial charge in [0.05, 0.1) is 12.8 Å². The fraction of sp³-hybridized carbons (Fsp3) is 0.231. The number of pyridine rings is 1. The lowest BCUT2D eigenvalue weighted by atomic mass is 10.2. The third-order valence-electron chi connectivity index (χ3n) is 2.62. The summed E-state index contributed by atoms with van der Waals surface area (Å²) in [6.07, 6.45) is 3.04. The second-order valence-electron chi connectivity index (χ2n) is 3.84. The average Bonchev–Trinajstić information content (AvgIpc) is 2.88. The highest BCUT2D eigenvalue weighted by molar-refractivity contribution is 5.93. The van der Waals surface area contributed by atoms with Gasteiger partial charge in [-0.1, -0.05) is 0 Å². The van der Waals surface area contributed by atoms with Crippen molar-refractivity contribution in [3.8, 4) is 0 Å². The highest BCUT2D eigenvalue weighted by Crippen LogP contribution is 2.09. The molecule has 0 radical (unpaired) electrons. The van der Waals surface area contributed by atoms with Gasteiger partial charge < -0.3 is 14.3 Å². The number of furan rings is 1. The first-order valence-electron chi connectivity index (χ1n) is 5.71. The molecule has 0 aromatic carbocycles. The Hall–Kier alpha value is -2.30. The van der Waals surface area contributed by atoms with E-state index in [0.717, 1.165) is 5.76 Å². The molecule has 0 aliphatic rings. The fourth-order valence-electron chi connectivity index (χ4n) is 1.68. The zero-order valence-electron chi connectivity index (χ0n) is 10.1. The quantitative estimate of drug-likeness (QED) is 0.891. The Kier molecular flexibility index (Phi) is 3.62. The molecule has 2 heterocycles. The van der Waals surface area contributed by atoms with Gasteiger partial charge in [0, 0.05) is 24.4 Å². The van der Waals surface area contributed by atoms with Crippen molar-refractivity contribution in [1.82, 2.24) is 9.88 Å². The van der Waals surface area contributed by atoms with Crippen LogP contribution in [0.3, 0.4) is 0 Å². The number of carbonyl (C=O) groups excluding carboxylic acids is 1. The molecule has 5 nitrogen and oxygen atoms in total. The summed E-state index contributed by atoms with van der Waals surface area (Å²) in [4.78, 5) is 27.5. The van der Waals surface area contributed by atoms with Gasteiger partial charge in [-0.05, 0) is 25.1 Å². The predicted octanol–water partition coefficient (Wildman–Crippen LogP) is 1.63. The lowest BCUT2D eigenvalue weighted by molar-refractivity contribution is 0.0741. The molecule has 5 heteroatoms. The van der Waals surface area contributed by atoms with Crippen LogP contribution in [-0.4, -0.2) is 22.3 Å². The molecule has 1 N–H and O–H groups in total. The van der Waals surface area contributed by atoms with E-state index in [9.17, 15) is 9.59 Å². The van der Waals surface area contributed by atoms with Gasteiger partial charge in [0.2, 0.25) is 5.56 Å². The van der Waals surface area contributed by atoms with Crippen LogP contribution in [0, 0.1) is 0 Å². The highest BCUT2D eigenvalue weighted by atomic mass is 16.3. The molecule has 2 aromatic heterocycles. The van der Waals surface area contributed by atoms with Gasteiger partial charge in [0.25, 0.3) is 5.91 Å². The summed E-state index contributed by atoms with van der Waals surface area (Å²) in [7, 11) is 0. The van der Waals surface area contributed by atoms with Crippen LogP contribution in [0.4, 0.5) is 0 Å². The Morgan fingerprint density at radius 1 is 1.44 bits per heavy atom. The van der Waals surface area contributed by atoms with Gasteiger partial charge in [-0.25, -0.2) is 0 Å². The monoisotopic (exact) mass is 246 g/mol. The third kappa shape index (κ3) is 2.68. The predicted molar refractivity (Wildman–Crippen MR) is 66.2 cm³/mol. The number of hydrogen-bond donors (Lipinski definition) is 1. The number of aromatic amines is 1. The molecular weight excluding hydrogens is 232 g/mol. The molecule has 94 valence electrons. The number of hydrogen-bond acceptors (Lipinski definition) is 3. The van der Waals surface area contributed by atoms with Gasteiger partial charge in [-0.3, -0.25) is 9.59 Å². The summed E-state index contributed by atoms with van der Waals surface area (Å²) in [5.41, 5.74) is 0.0991. The summed E-state index contributed by atoms with van der Waals surface area (Å²) < 4.78 is 5.21. The maximum absolute atomic E-state index is 12.2. The summed E-state index contributed by atoms with van der Waals surface area (Å²) in [6.45, 7) is 2.83. The molecule has 18 heavy (non-hydrogen) atoms. The van der Waals surface area contributed by atoms with E-state index in [0.29, 0.717) is 18.7 Å². The number of nitrogens with zero attached hydrogens (tertiary/aromatic N) is 1. The lowest BCUT2D eigenvalue weighted by Gasteiger charge is -2.19. The second-order valence-corrected chi connectivity index (χ2v) is 3.84. The number of amides is 1. The second kappa shape index (κ2) is 5.35. The molecule has 1 amide bonds. The van der Waals surface area contributed by atoms with E-state index in [-0.39, 0.29) is 11.5 Å². The number of aromatic nitrogens is 1. The summed E-state index contributed by atoms with van der Waals surface area (Å²) in [6, 6.07) is 6.48. The van der Waals surface area contributed by atoms with Gasteiger partial charge in [-0.2, -0.15) is 0 Å². The zero-order chi connectivity index (χ0) is 13.0. The standard InChI is InChI=1S/C13H14N2O3/c1-2-15(9-11-4-3-7-18-11)13(17)10-5-6-14-12(16)8-10/h3-8H,2,9H2,1H3,(H,14,16).